The molecule has 0 bridgehead atoms. The Morgan fingerprint density at radius 2 is 1.32 bits per heavy atom. The molecule has 0 saturated heterocycles. The van der Waals surface area contributed by atoms with Gasteiger partial charge in [-0.2, -0.15) is 0 Å². The standard InChI is InChI=1S/C20H38O5/c1-17(2)20(22)11-7-5-6-8-12-23-14-15-24-13-9-10-19(21)16-25-18(3)4/h17-18H,5-16H2,1-4H3. The van der Waals surface area contributed by atoms with Gasteiger partial charge in [-0.05, 0) is 33.1 Å². The number of unbranched alkanes of at least 4 members (excludes halogenated alkanes) is 3. The van der Waals surface area contributed by atoms with E-state index in [0.29, 0.717) is 38.4 Å². The molecule has 0 aliphatic heterocycles. The fraction of sp³-hybridized carbons (Fsp3) is 0.900. The maximum absolute atomic E-state index is 11.5. The first kappa shape index (κ1) is 24.2. The summed E-state index contributed by atoms with van der Waals surface area (Å²) in [5.74, 6) is 0.654. The van der Waals surface area contributed by atoms with E-state index in [4.69, 9.17) is 14.2 Å². The second-order valence-corrected chi connectivity index (χ2v) is 7.01. The van der Waals surface area contributed by atoms with E-state index in [9.17, 15) is 9.59 Å². The molecule has 148 valence electrons. The van der Waals surface area contributed by atoms with Gasteiger partial charge in [0, 0.05) is 32.0 Å². The minimum Gasteiger partial charge on any atom is -0.379 e. The first-order chi connectivity index (χ1) is 11.9. The number of rotatable bonds is 18. The molecule has 0 radical (unpaired) electrons. The van der Waals surface area contributed by atoms with Crippen LogP contribution in [0.2, 0.25) is 0 Å². The topological polar surface area (TPSA) is 61.8 Å². The average molecular weight is 359 g/mol. The minimum atomic E-state index is 0.0971. The van der Waals surface area contributed by atoms with Crippen LogP contribution in [0.1, 0.15) is 72.6 Å². The number of carbonyl (C=O) groups excluding carboxylic acids is 2. The molecule has 0 aromatic rings. The molecule has 5 nitrogen and oxygen atoms in total. The highest BCUT2D eigenvalue weighted by Crippen LogP contribution is 2.07. The van der Waals surface area contributed by atoms with E-state index in [1.54, 1.807) is 0 Å². The maximum Gasteiger partial charge on any atom is 0.158 e. The SMILES string of the molecule is CC(C)OCC(=O)CCCOCCOCCCCCCC(=O)C(C)C. The van der Waals surface area contributed by atoms with Gasteiger partial charge in [-0.15, -0.1) is 0 Å². The van der Waals surface area contributed by atoms with Crippen LogP contribution in [-0.2, 0) is 23.8 Å². The highest BCUT2D eigenvalue weighted by Gasteiger charge is 2.06. The number of hydrogen-bond donors (Lipinski definition) is 0. The van der Waals surface area contributed by atoms with Crippen LogP contribution in [0.15, 0.2) is 0 Å². The van der Waals surface area contributed by atoms with Gasteiger partial charge in [0.15, 0.2) is 5.78 Å². The van der Waals surface area contributed by atoms with Gasteiger partial charge >= 0.3 is 0 Å². The molecule has 0 aliphatic rings. The van der Waals surface area contributed by atoms with Crippen LogP contribution in [0.5, 0.6) is 0 Å². The van der Waals surface area contributed by atoms with Crippen molar-refractivity contribution in [3.63, 3.8) is 0 Å². The van der Waals surface area contributed by atoms with Crippen molar-refractivity contribution in [3.8, 4) is 0 Å². The molecule has 0 unspecified atom stereocenters. The predicted molar refractivity (Wildman–Crippen MR) is 99.9 cm³/mol. The van der Waals surface area contributed by atoms with Crippen molar-refractivity contribution in [1.82, 2.24) is 0 Å². The smallest absolute Gasteiger partial charge is 0.158 e. The van der Waals surface area contributed by atoms with Crippen LogP contribution in [0, 0.1) is 5.92 Å². The van der Waals surface area contributed by atoms with Crippen molar-refractivity contribution in [3.05, 3.63) is 0 Å². The van der Waals surface area contributed by atoms with Crippen molar-refractivity contribution in [1.29, 1.82) is 0 Å². The van der Waals surface area contributed by atoms with Crippen LogP contribution in [0.3, 0.4) is 0 Å². The van der Waals surface area contributed by atoms with Gasteiger partial charge in [0.1, 0.15) is 12.4 Å². The molecular formula is C20H38O5. The van der Waals surface area contributed by atoms with Crippen LogP contribution < -0.4 is 0 Å². The second-order valence-electron chi connectivity index (χ2n) is 7.01. The molecule has 25 heavy (non-hydrogen) atoms. The van der Waals surface area contributed by atoms with Crippen molar-refractivity contribution >= 4 is 11.6 Å². The molecule has 0 aromatic carbocycles. The van der Waals surface area contributed by atoms with Gasteiger partial charge in [0.05, 0.1) is 19.3 Å². The summed E-state index contributed by atoms with van der Waals surface area (Å²) >= 11 is 0. The van der Waals surface area contributed by atoms with Gasteiger partial charge < -0.3 is 14.2 Å². The van der Waals surface area contributed by atoms with E-state index in [2.05, 4.69) is 0 Å². The molecule has 0 amide bonds. The molecule has 0 aromatic heterocycles. The molecule has 0 aliphatic carbocycles. The van der Waals surface area contributed by atoms with Gasteiger partial charge in [-0.1, -0.05) is 26.7 Å². The minimum absolute atomic E-state index is 0.0971. The van der Waals surface area contributed by atoms with Gasteiger partial charge in [-0.25, -0.2) is 0 Å². The Bertz CT molecular complexity index is 339. The van der Waals surface area contributed by atoms with Crippen LogP contribution >= 0.6 is 0 Å². The normalized spacial score (nSPS) is 11.4. The molecule has 0 N–H and O–H groups in total. The van der Waals surface area contributed by atoms with E-state index >= 15 is 0 Å². The fourth-order valence-corrected chi connectivity index (χ4v) is 2.17. The van der Waals surface area contributed by atoms with Crippen LogP contribution in [-0.4, -0.2) is 50.7 Å². The molecule has 0 saturated carbocycles. The zero-order chi connectivity index (χ0) is 18.9. The summed E-state index contributed by atoms with van der Waals surface area (Å²) in [7, 11) is 0. The third-order valence-electron chi connectivity index (χ3n) is 3.80. The summed E-state index contributed by atoms with van der Waals surface area (Å²) in [5, 5.41) is 0. The molecule has 0 rings (SSSR count). The highest BCUT2D eigenvalue weighted by atomic mass is 16.5. The Morgan fingerprint density at radius 3 is 1.92 bits per heavy atom. The van der Waals surface area contributed by atoms with E-state index in [1.165, 1.54) is 0 Å². The fourth-order valence-electron chi connectivity index (χ4n) is 2.17. The molecule has 0 spiro atoms. The lowest BCUT2D eigenvalue weighted by Crippen LogP contribution is -2.14. The summed E-state index contributed by atoms with van der Waals surface area (Å²) in [4.78, 5) is 22.9. The maximum atomic E-state index is 11.5. The number of carbonyl (C=O) groups is 2. The first-order valence-electron chi connectivity index (χ1n) is 9.75. The molecule has 0 fully saturated rings. The first-order valence-corrected chi connectivity index (χ1v) is 9.75. The van der Waals surface area contributed by atoms with Crippen molar-refractivity contribution in [2.24, 2.45) is 5.92 Å². The molecule has 5 heteroatoms. The van der Waals surface area contributed by atoms with Gasteiger partial charge in [-0.3, -0.25) is 9.59 Å². The van der Waals surface area contributed by atoms with Crippen molar-refractivity contribution < 1.29 is 23.8 Å². The van der Waals surface area contributed by atoms with Gasteiger partial charge in [0.25, 0.3) is 0 Å². The second kappa shape index (κ2) is 16.7. The lowest BCUT2D eigenvalue weighted by Gasteiger charge is -2.07. The van der Waals surface area contributed by atoms with E-state index < -0.39 is 0 Å². The quantitative estimate of drug-likeness (QED) is 0.347. The van der Waals surface area contributed by atoms with E-state index in [1.807, 2.05) is 27.7 Å². The molecule has 0 atom stereocenters. The Morgan fingerprint density at radius 1 is 0.720 bits per heavy atom. The zero-order valence-electron chi connectivity index (χ0n) is 16.7. The summed E-state index contributed by atoms with van der Waals surface area (Å²) in [6, 6.07) is 0. The lowest BCUT2D eigenvalue weighted by molar-refractivity contribution is -0.125. The van der Waals surface area contributed by atoms with Gasteiger partial charge in [0.2, 0.25) is 0 Å². The van der Waals surface area contributed by atoms with Crippen molar-refractivity contribution in [2.75, 3.05) is 33.0 Å². The Kier molecular flexibility index (Phi) is 16.2. The number of ether oxygens (including phenoxy) is 3. The Hall–Kier alpha value is -0.780. The molecular weight excluding hydrogens is 320 g/mol. The largest absolute Gasteiger partial charge is 0.379 e. The third-order valence-corrected chi connectivity index (χ3v) is 3.80. The van der Waals surface area contributed by atoms with Crippen LogP contribution in [0.25, 0.3) is 0 Å². The predicted octanol–water partition coefficient (Wildman–Crippen LogP) is 3.97. The lowest BCUT2D eigenvalue weighted by atomic mass is 10.0. The summed E-state index contributed by atoms with van der Waals surface area (Å²) in [6.45, 7) is 10.4. The van der Waals surface area contributed by atoms with E-state index in [-0.39, 0.29) is 24.4 Å². The summed E-state index contributed by atoms with van der Waals surface area (Å²) in [6.07, 6.45) is 6.25. The van der Waals surface area contributed by atoms with Crippen molar-refractivity contribution in [2.45, 2.75) is 78.7 Å². The summed E-state index contributed by atoms with van der Waals surface area (Å²) in [5.41, 5.74) is 0. The highest BCUT2D eigenvalue weighted by molar-refractivity contribution is 5.80. The number of hydrogen-bond acceptors (Lipinski definition) is 5. The number of ketones is 2. The average Bonchev–Trinajstić information content (AvgIpc) is 2.56. The van der Waals surface area contributed by atoms with E-state index in [0.717, 1.165) is 38.7 Å². The number of Topliss-reactive ketones (excluding diaryl/α,β-unsaturated/α-hetero) is 2. The zero-order valence-corrected chi connectivity index (χ0v) is 16.7. The van der Waals surface area contributed by atoms with Crippen LogP contribution in [0.4, 0.5) is 0 Å². The molecule has 0 heterocycles. The Labute approximate surface area is 153 Å². The summed E-state index contributed by atoms with van der Waals surface area (Å²) < 4.78 is 16.2. The monoisotopic (exact) mass is 358 g/mol. The Balaban J connectivity index is 3.19. The third kappa shape index (κ3) is 17.8.